The van der Waals surface area contributed by atoms with Crippen molar-refractivity contribution >= 4 is 17.1 Å². The summed E-state index contributed by atoms with van der Waals surface area (Å²) in [4.78, 5) is 15.2. The Kier molecular flexibility index (Phi) is 2.57. The summed E-state index contributed by atoms with van der Waals surface area (Å²) in [6.45, 7) is 0. The van der Waals surface area contributed by atoms with Crippen molar-refractivity contribution in [1.82, 2.24) is 4.90 Å². The Balaban J connectivity index is 1.82. The molecule has 0 saturated carbocycles. The molecule has 86 valence electrons. The van der Waals surface area contributed by atoms with E-state index in [1.54, 1.807) is 0 Å². The average molecular weight is 243 g/mol. The fourth-order valence-electron chi connectivity index (χ4n) is 2.30. The van der Waals surface area contributed by atoms with Gasteiger partial charge < -0.3 is 0 Å². The van der Waals surface area contributed by atoms with Crippen LogP contribution < -0.4 is 0 Å². The number of thiophene rings is 1. The van der Waals surface area contributed by atoms with Crippen LogP contribution in [0.1, 0.15) is 21.3 Å². The van der Waals surface area contributed by atoms with Gasteiger partial charge in [-0.25, -0.2) is 0 Å². The maximum Gasteiger partial charge on any atom is 0.191 e. The van der Waals surface area contributed by atoms with Gasteiger partial charge in [0.2, 0.25) is 0 Å². The normalized spacial score (nSPS) is 26.8. The van der Waals surface area contributed by atoms with Gasteiger partial charge in [-0.15, -0.1) is 11.3 Å². The first-order valence-corrected chi connectivity index (χ1v) is 6.51. The minimum absolute atomic E-state index is 0.0241. The molecule has 2 heterocycles. The quantitative estimate of drug-likeness (QED) is 0.610. The van der Waals surface area contributed by atoms with Crippen LogP contribution in [0, 0.1) is 0 Å². The van der Waals surface area contributed by atoms with Crippen LogP contribution >= 0.6 is 11.3 Å². The van der Waals surface area contributed by atoms with Crippen LogP contribution in [0.15, 0.2) is 47.8 Å². The second-order valence-corrected chi connectivity index (χ2v) is 5.26. The van der Waals surface area contributed by atoms with Gasteiger partial charge in [0.1, 0.15) is 0 Å². The van der Waals surface area contributed by atoms with E-state index in [0.29, 0.717) is 0 Å². The van der Waals surface area contributed by atoms with Crippen LogP contribution in [0.25, 0.3) is 0 Å². The highest BCUT2D eigenvalue weighted by molar-refractivity contribution is 7.12. The number of carbonyl (C=O) groups is 1. The van der Waals surface area contributed by atoms with E-state index >= 15 is 0 Å². The van der Waals surface area contributed by atoms with E-state index in [1.807, 2.05) is 42.8 Å². The third-order valence-corrected chi connectivity index (χ3v) is 4.15. The monoisotopic (exact) mass is 243 g/mol. The van der Waals surface area contributed by atoms with Crippen LogP contribution in [0.2, 0.25) is 0 Å². The van der Waals surface area contributed by atoms with Crippen molar-refractivity contribution < 1.29 is 4.79 Å². The van der Waals surface area contributed by atoms with E-state index in [1.165, 1.54) is 16.9 Å². The molecule has 0 spiro atoms. The van der Waals surface area contributed by atoms with Crippen molar-refractivity contribution in [3.05, 3.63) is 58.3 Å². The number of hydrogen-bond donors (Lipinski definition) is 0. The van der Waals surface area contributed by atoms with Crippen molar-refractivity contribution in [2.45, 2.75) is 12.1 Å². The number of carbonyl (C=O) groups excluding carboxylic acids is 1. The Labute approximate surface area is 105 Å². The Bertz CT molecular complexity index is 520. The molecule has 2 nitrogen and oxygen atoms in total. The molecule has 1 aliphatic rings. The standard InChI is InChI=1S/C14H13NOS/c1-15-12(10-6-3-2-4-7-10)13(15)14(16)11-8-5-9-17-11/h2-9,12-13H,1H3. The molecular weight excluding hydrogens is 230 g/mol. The van der Waals surface area contributed by atoms with E-state index in [0.717, 1.165) is 4.88 Å². The number of benzene rings is 1. The number of ketones is 1. The molecule has 1 aromatic heterocycles. The van der Waals surface area contributed by atoms with Crippen LogP contribution in [-0.2, 0) is 0 Å². The molecule has 1 aromatic carbocycles. The molecule has 1 saturated heterocycles. The molecule has 3 unspecified atom stereocenters. The summed E-state index contributed by atoms with van der Waals surface area (Å²) in [5, 5.41) is 1.95. The lowest BCUT2D eigenvalue weighted by molar-refractivity contribution is 0.0981. The smallest absolute Gasteiger partial charge is 0.191 e. The Morgan fingerprint density at radius 2 is 1.94 bits per heavy atom. The molecule has 3 heteroatoms. The zero-order valence-electron chi connectivity index (χ0n) is 9.54. The molecule has 2 aromatic rings. The first kappa shape index (κ1) is 10.7. The Hall–Kier alpha value is -1.45. The summed E-state index contributed by atoms with van der Waals surface area (Å²) in [5.74, 6) is 0.247. The van der Waals surface area contributed by atoms with Gasteiger partial charge in [0, 0.05) is 0 Å². The topological polar surface area (TPSA) is 20.1 Å². The molecule has 0 radical (unpaired) electrons. The number of nitrogens with zero attached hydrogens (tertiary/aromatic N) is 1. The molecule has 3 rings (SSSR count). The predicted octanol–water partition coefficient (Wildman–Crippen LogP) is 2.99. The van der Waals surface area contributed by atoms with E-state index in [9.17, 15) is 4.79 Å². The summed E-state index contributed by atoms with van der Waals surface area (Å²) in [5.41, 5.74) is 1.23. The number of likely N-dealkylation sites (N-methyl/N-ethyl adjacent to an activating group) is 1. The van der Waals surface area contributed by atoms with Crippen molar-refractivity contribution in [1.29, 1.82) is 0 Å². The molecule has 0 amide bonds. The predicted molar refractivity (Wildman–Crippen MR) is 69.4 cm³/mol. The minimum atomic E-state index is 0.0241. The highest BCUT2D eigenvalue weighted by Gasteiger charge is 2.50. The van der Waals surface area contributed by atoms with E-state index in [-0.39, 0.29) is 17.9 Å². The minimum Gasteiger partial charge on any atom is -0.291 e. The van der Waals surface area contributed by atoms with E-state index in [2.05, 4.69) is 17.0 Å². The average Bonchev–Trinajstić information content (AvgIpc) is 2.81. The van der Waals surface area contributed by atoms with Gasteiger partial charge in [-0.1, -0.05) is 36.4 Å². The largest absolute Gasteiger partial charge is 0.291 e. The highest BCUT2D eigenvalue weighted by Crippen LogP contribution is 2.43. The second kappa shape index (κ2) is 4.09. The van der Waals surface area contributed by atoms with E-state index < -0.39 is 0 Å². The maximum absolute atomic E-state index is 12.2. The molecule has 3 atom stereocenters. The van der Waals surface area contributed by atoms with Gasteiger partial charge >= 0.3 is 0 Å². The Morgan fingerprint density at radius 1 is 1.18 bits per heavy atom. The van der Waals surface area contributed by atoms with Gasteiger partial charge in [0.15, 0.2) is 5.78 Å². The molecule has 0 aliphatic carbocycles. The Morgan fingerprint density at radius 3 is 2.59 bits per heavy atom. The van der Waals surface area contributed by atoms with Crippen LogP contribution in [0.5, 0.6) is 0 Å². The molecule has 0 N–H and O–H groups in total. The highest BCUT2D eigenvalue weighted by atomic mass is 32.1. The number of hydrogen-bond acceptors (Lipinski definition) is 3. The fraction of sp³-hybridized carbons (Fsp3) is 0.214. The first-order valence-electron chi connectivity index (χ1n) is 5.63. The van der Waals surface area contributed by atoms with Crippen molar-refractivity contribution in [3.63, 3.8) is 0 Å². The lowest BCUT2D eigenvalue weighted by Gasteiger charge is -1.96. The van der Waals surface area contributed by atoms with Crippen molar-refractivity contribution in [2.75, 3.05) is 7.05 Å². The van der Waals surface area contributed by atoms with Crippen LogP contribution in [0.4, 0.5) is 0 Å². The lowest BCUT2D eigenvalue weighted by atomic mass is 10.1. The summed E-state index contributed by atoms with van der Waals surface area (Å²) < 4.78 is 0. The third kappa shape index (κ3) is 1.81. The van der Waals surface area contributed by atoms with Crippen molar-refractivity contribution in [3.8, 4) is 0 Å². The molecule has 17 heavy (non-hydrogen) atoms. The summed E-state index contributed by atoms with van der Waals surface area (Å²) >= 11 is 1.52. The summed E-state index contributed by atoms with van der Waals surface area (Å²) in [6.07, 6.45) is 0. The zero-order chi connectivity index (χ0) is 11.8. The van der Waals surface area contributed by atoms with Gasteiger partial charge in [0.25, 0.3) is 0 Å². The van der Waals surface area contributed by atoms with Gasteiger partial charge in [-0.2, -0.15) is 0 Å². The third-order valence-electron chi connectivity index (χ3n) is 3.26. The molecule has 1 fully saturated rings. The van der Waals surface area contributed by atoms with Gasteiger partial charge in [0.05, 0.1) is 17.0 Å². The summed E-state index contributed by atoms with van der Waals surface area (Å²) in [6, 6.07) is 14.3. The van der Waals surface area contributed by atoms with Gasteiger partial charge in [-0.3, -0.25) is 9.69 Å². The lowest BCUT2D eigenvalue weighted by Crippen LogP contribution is -2.09. The maximum atomic E-state index is 12.2. The zero-order valence-corrected chi connectivity index (χ0v) is 10.4. The van der Waals surface area contributed by atoms with Crippen LogP contribution in [0.3, 0.4) is 0 Å². The summed E-state index contributed by atoms with van der Waals surface area (Å²) in [7, 11) is 2.01. The number of Topliss-reactive ketones (excluding diaryl/α,β-unsaturated/α-hetero) is 1. The molecule has 0 bridgehead atoms. The van der Waals surface area contributed by atoms with E-state index in [4.69, 9.17) is 0 Å². The first-order chi connectivity index (χ1) is 8.29. The second-order valence-electron chi connectivity index (χ2n) is 4.31. The molecular formula is C14H13NOS. The van der Waals surface area contributed by atoms with Crippen molar-refractivity contribution in [2.24, 2.45) is 0 Å². The molecule has 1 aliphatic heterocycles. The SMILES string of the molecule is CN1C(C(=O)c2cccs2)C1c1ccccc1. The fourth-order valence-corrected chi connectivity index (χ4v) is 3.00. The van der Waals surface area contributed by atoms with Gasteiger partial charge in [-0.05, 0) is 24.1 Å². The number of rotatable bonds is 3. The van der Waals surface area contributed by atoms with Crippen LogP contribution in [-0.4, -0.2) is 23.8 Å².